The van der Waals surface area contributed by atoms with Gasteiger partial charge in [-0.3, -0.25) is 4.57 Å². The Kier molecular flexibility index (Phi) is 10.2. The molecule has 0 aliphatic carbocycles. The Morgan fingerprint density at radius 3 is 2.05 bits per heavy atom. The number of pyridine rings is 1. The molecule has 8 aromatic rings. The van der Waals surface area contributed by atoms with E-state index < -0.39 is 0 Å². The molecule has 0 aliphatic rings. The van der Waals surface area contributed by atoms with E-state index in [0.717, 1.165) is 50.1 Å². The molecule has 286 valence electrons. The van der Waals surface area contributed by atoms with E-state index in [1.807, 2.05) is 23.0 Å². The molecule has 0 saturated carbocycles. The van der Waals surface area contributed by atoms with Crippen molar-refractivity contribution in [2.75, 3.05) is 0 Å². The summed E-state index contributed by atoms with van der Waals surface area (Å²) < 4.78 is 12.9. The molecular weight excluding hydrogens is 868 g/mol. The van der Waals surface area contributed by atoms with E-state index in [2.05, 4.69) is 199 Å². The molecule has 0 bridgehead atoms. The van der Waals surface area contributed by atoms with E-state index in [-0.39, 0.29) is 37.3 Å². The van der Waals surface area contributed by atoms with Crippen molar-refractivity contribution in [2.24, 2.45) is 0 Å². The number of benzene rings is 5. The van der Waals surface area contributed by atoms with Crippen molar-refractivity contribution >= 4 is 21.8 Å². The second kappa shape index (κ2) is 14.7. The first kappa shape index (κ1) is 39.0. The number of rotatable bonds is 6. The van der Waals surface area contributed by atoms with E-state index >= 15 is 0 Å². The summed E-state index contributed by atoms with van der Waals surface area (Å²) >= 11 is 0. The molecular formula is C50H48N4OPt-2. The zero-order valence-corrected chi connectivity index (χ0v) is 35.9. The Balaban J connectivity index is 0.00000480. The van der Waals surface area contributed by atoms with Crippen LogP contribution >= 0.6 is 0 Å². The van der Waals surface area contributed by atoms with Crippen LogP contribution < -0.4 is 9.30 Å². The molecule has 56 heavy (non-hydrogen) atoms. The topological polar surface area (TPSA) is 35.9 Å². The van der Waals surface area contributed by atoms with Gasteiger partial charge in [-0.05, 0) is 73.8 Å². The number of imidazole rings is 1. The third-order valence-electron chi connectivity index (χ3n) is 10.4. The molecule has 0 fully saturated rings. The van der Waals surface area contributed by atoms with E-state index in [4.69, 9.17) is 9.72 Å². The minimum Gasteiger partial charge on any atom is -0.510 e. The van der Waals surface area contributed by atoms with Crippen LogP contribution in [0.3, 0.4) is 0 Å². The number of nitrogens with zero attached hydrogens (tertiary/aromatic N) is 4. The van der Waals surface area contributed by atoms with E-state index in [0.29, 0.717) is 11.5 Å². The van der Waals surface area contributed by atoms with Gasteiger partial charge in [0, 0.05) is 56.7 Å². The summed E-state index contributed by atoms with van der Waals surface area (Å²) in [7, 11) is 0. The maximum absolute atomic E-state index is 6.68. The average Bonchev–Trinajstić information content (AvgIpc) is 3.77. The molecule has 5 aromatic carbocycles. The first-order valence-electron chi connectivity index (χ1n) is 19.0. The summed E-state index contributed by atoms with van der Waals surface area (Å²) in [6.45, 7) is 20.1. The van der Waals surface area contributed by atoms with Crippen molar-refractivity contribution in [1.29, 1.82) is 0 Å². The molecule has 0 N–H and O–H groups in total. The van der Waals surface area contributed by atoms with Crippen molar-refractivity contribution in [1.82, 2.24) is 14.1 Å². The van der Waals surface area contributed by atoms with Crippen LogP contribution in [0.1, 0.15) is 79.0 Å². The van der Waals surface area contributed by atoms with Gasteiger partial charge in [0.25, 0.3) is 6.33 Å². The number of hydrogen-bond donors (Lipinski definition) is 0. The summed E-state index contributed by atoms with van der Waals surface area (Å²) in [6.07, 6.45) is 9.58. The van der Waals surface area contributed by atoms with Crippen molar-refractivity contribution in [2.45, 2.75) is 78.6 Å². The Hall–Kier alpha value is -5.25. The molecule has 3 heterocycles. The van der Waals surface area contributed by atoms with Crippen LogP contribution in [-0.4, -0.2) is 14.1 Å². The number of fused-ring (bicyclic) bond motifs is 3. The molecule has 0 amide bonds. The second-order valence-corrected chi connectivity index (χ2v) is 17.5. The SMILES string of the molecule is CC(C)(C)c1cc(Oc2[c-]c3c(cc2)c2ccccc2n3-c2cc(C(C)(C)C)ccn2)[c-]c(-n2[c-][n+](-c3ccc(C(C)(C)C)cc3-c3ccccc3)cc2)c1.[Pt]. The number of aromatic nitrogens is 4. The van der Waals surface area contributed by atoms with Gasteiger partial charge in [0.15, 0.2) is 0 Å². The number of hydrogen-bond acceptors (Lipinski definition) is 2. The van der Waals surface area contributed by atoms with Gasteiger partial charge in [0.2, 0.25) is 0 Å². The largest absolute Gasteiger partial charge is 0.510 e. The van der Waals surface area contributed by atoms with Crippen molar-refractivity contribution in [3.05, 3.63) is 163 Å². The fourth-order valence-corrected chi connectivity index (χ4v) is 7.09. The van der Waals surface area contributed by atoms with Crippen LogP contribution in [0.4, 0.5) is 0 Å². The van der Waals surface area contributed by atoms with Gasteiger partial charge in [0.1, 0.15) is 5.82 Å². The molecule has 6 heteroatoms. The normalized spacial score (nSPS) is 12.2. The third kappa shape index (κ3) is 7.62. The van der Waals surface area contributed by atoms with Crippen molar-refractivity contribution in [3.63, 3.8) is 0 Å². The average molecular weight is 916 g/mol. The van der Waals surface area contributed by atoms with Gasteiger partial charge in [0.05, 0.1) is 5.69 Å². The number of ether oxygens (including phenoxy) is 1. The van der Waals surface area contributed by atoms with Crippen LogP contribution in [0.2, 0.25) is 0 Å². The molecule has 0 radical (unpaired) electrons. The molecule has 0 unspecified atom stereocenters. The van der Waals surface area contributed by atoms with Gasteiger partial charge in [-0.15, -0.1) is 29.7 Å². The monoisotopic (exact) mass is 915 g/mol. The Bertz CT molecular complexity index is 2680. The molecule has 0 spiro atoms. The van der Waals surface area contributed by atoms with Crippen LogP contribution in [0, 0.1) is 18.5 Å². The third-order valence-corrected chi connectivity index (χ3v) is 10.4. The first-order chi connectivity index (χ1) is 26.1. The van der Waals surface area contributed by atoms with E-state index in [1.165, 1.54) is 16.7 Å². The fraction of sp³-hybridized carbons (Fsp3) is 0.240. The predicted molar refractivity (Wildman–Crippen MR) is 224 cm³/mol. The molecule has 0 saturated heterocycles. The van der Waals surface area contributed by atoms with Crippen molar-refractivity contribution in [3.8, 4) is 39.8 Å². The molecule has 0 aliphatic heterocycles. The Morgan fingerprint density at radius 1 is 0.625 bits per heavy atom. The molecule has 8 rings (SSSR count). The van der Waals surface area contributed by atoms with E-state index in [1.54, 1.807) is 0 Å². The maximum atomic E-state index is 6.68. The van der Waals surface area contributed by atoms with Gasteiger partial charge in [-0.2, -0.15) is 17.7 Å². The Labute approximate surface area is 345 Å². The smallest absolute Gasteiger partial charge is 0.267 e. The second-order valence-electron chi connectivity index (χ2n) is 17.5. The molecule has 5 nitrogen and oxygen atoms in total. The van der Waals surface area contributed by atoms with Gasteiger partial charge >= 0.3 is 0 Å². The maximum Gasteiger partial charge on any atom is 0.267 e. The minimum absolute atomic E-state index is 0. The summed E-state index contributed by atoms with van der Waals surface area (Å²) in [5.74, 6) is 2.08. The van der Waals surface area contributed by atoms with Gasteiger partial charge in [-0.1, -0.05) is 128 Å². The first-order valence-corrected chi connectivity index (χ1v) is 19.0. The quantitative estimate of drug-likeness (QED) is 0.123. The zero-order valence-electron chi connectivity index (χ0n) is 33.6. The van der Waals surface area contributed by atoms with Crippen LogP contribution in [-0.2, 0) is 37.3 Å². The van der Waals surface area contributed by atoms with E-state index in [9.17, 15) is 0 Å². The standard InChI is InChI=1S/C50H48N4O.Pt/c1-48(2,3)35-19-22-44(43(29-35)34-15-11-10-12-16-34)53-26-25-52(33-53)38-27-37(50(7,8)9)28-40(31-38)55-39-20-21-42-41-17-13-14-18-45(41)54(46(42)32-39)47-30-36(23-24-51-47)49(4,5)6;/h10-30H,1-9H3;/q-2;. The zero-order chi connectivity index (χ0) is 38.7. The van der Waals surface area contributed by atoms with Gasteiger partial charge < -0.3 is 13.9 Å². The van der Waals surface area contributed by atoms with Crippen LogP contribution in [0.25, 0.3) is 50.1 Å². The van der Waals surface area contributed by atoms with Crippen LogP contribution in [0.5, 0.6) is 11.5 Å². The van der Waals surface area contributed by atoms with Crippen molar-refractivity contribution < 1.29 is 30.4 Å². The van der Waals surface area contributed by atoms with Gasteiger partial charge in [-0.25, -0.2) is 4.98 Å². The summed E-state index contributed by atoms with van der Waals surface area (Å²) in [5, 5.41) is 2.24. The van der Waals surface area contributed by atoms with Crippen LogP contribution in [0.15, 0.2) is 128 Å². The minimum atomic E-state index is -0.141. The Morgan fingerprint density at radius 2 is 1.32 bits per heavy atom. The summed E-state index contributed by atoms with van der Waals surface area (Å²) in [6, 6.07) is 45.6. The molecule has 3 aromatic heterocycles. The summed E-state index contributed by atoms with van der Waals surface area (Å²) in [4.78, 5) is 4.84. The predicted octanol–water partition coefficient (Wildman–Crippen LogP) is 12.0. The fourth-order valence-electron chi connectivity index (χ4n) is 7.09. The molecule has 0 atom stereocenters. The number of para-hydroxylation sites is 1. The summed E-state index contributed by atoms with van der Waals surface area (Å²) in [5.41, 5.74) is 9.71.